The van der Waals surface area contributed by atoms with Crippen molar-refractivity contribution in [2.75, 3.05) is 25.6 Å². The highest BCUT2D eigenvalue weighted by atomic mass is 32.1. The third kappa shape index (κ3) is 5.18. The van der Waals surface area contributed by atoms with Crippen LogP contribution in [0.1, 0.15) is 5.01 Å². The zero-order chi connectivity index (χ0) is 14.5. The maximum absolute atomic E-state index is 12.2. The maximum Gasteiger partial charge on any atom is 0.445 e. The average Bonchev–Trinajstić information content (AvgIpc) is 2.77. The Morgan fingerprint density at radius 1 is 1.32 bits per heavy atom. The monoisotopic (exact) mass is 299 g/mol. The lowest BCUT2D eigenvalue weighted by Gasteiger charge is -2.02. The molecule has 0 spiro atoms. The number of halogens is 3. The van der Waals surface area contributed by atoms with Crippen LogP contribution in [0.2, 0.25) is 0 Å². The van der Waals surface area contributed by atoms with Gasteiger partial charge in [0.05, 0.1) is 7.11 Å². The molecule has 1 aromatic heterocycles. The number of anilines is 1. The Balaban J connectivity index is 2.40. The van der Waals surface area contributed by atoms with E-state index in [-0.39, 0.29) is 16.5 Å². The number of hydrogen-bond acceptors (Lipinski definition) is 7. The Kier molecular flexibility index (Phi) is 5.18. The third-order valence-corrected chi connectivity index (χ3v) is 2.48. The summed E-state index contributed by atoms with van der Waals surface area (Å²) in [7, 11) is 1.14. The van der Waals surface area contributed by atoms with Gasteiger partial charge in [-0.25, -0.2) is 4.79 Å². The molecule has 0 aliphatic rings. The van der Waals surface area contributed by atoms with E-state index >= 15 is 0 Å². The molecule has 0 radical (unpaired) electrons. The minimum atomic E-state index is -4.61. The molecule has 0 aliphatic heterocycles. The van der Waals surface area contributed by atoms with Crippen LogP contribution in [-0.4, -0.2) is 42.4 Å². The van der Waals surface area contributed by atoms with Gasteiger partial charge in [-0.05, 0) is 0 Å². The lowest BCUT2D eigenvalue weighted by Crippen LogP contribution is -2.21. The van der Waals surface area contributed by atoms with Gasteiger partial charge in [-0.1, -0.05) is 11.3 Å². The van der Waals surface area contributed by atoms with Gasteiger partial charge in [-0.15, -0.1) is 10.2 Å². The predicted molar refractivity (Wildman–Crippen MR) is 56.4 cm³/mol. The second-order valence-corrected chi connectivity index (χ2v) is 4.00. The van der Waals surface area contributed by atoms with Crippen molar-refractivity contribution < 1.29 is 32.2 Å². The van der Waals surface area contributed by atoms with E-state index in [4.69, 9.17) is 0 Å². The Bertz CT molecular complexity index is 462. The lowest BCUT2D eigenvalue weighted by molar-refractivity contribution is -0.146. The van der Waals surface area contributed by atoms with Crippen LogP contribution in [0.15, 0.2) is 0 Å². The van der Waals surface area contributed by atoms with E-state index in [1.54, 1.807) is 0 Å². The summed E-state index contributed by atoms with van der Waals surface area (Å²) in [6.07, 6.45) is -4.61. The summed E-state index contributed by atoms with van der Waals surface area (Å²) in [5.41, 5.74) is 0. The summed E-state index contributed by atoms with van der Waals surface area (Å²) in [5.74, 6) is -1.43. The maximum atomic E-state index is 12.2. The number of carbonyl (C=O) groups is 2. The minimum Gasteiger partial charge on any atom is -0.467 e. The second kappa shape index (κ2) is 6.43. The summed E-state index contributed by atoms with van der Waals surface area (Å²) >= 11 is 0.186. The van der Waals surface area contributed by atoms with Crippen LogP contribution in [0.4, 0.5) is 18.3 Å². The summed E-state index contributed by atoms with van der Waals surface area (Å²) in [6, 6.07) is 0. The van der Waals surface area contributed by atoms with Crippen molar-refractivity contribution in [3.63, 3.8) is 0 Å². The van der Waals surface area contributed by atoms with Gasteiger partial charge in [-0.2, -0.15) is 13.2 Å². The van der Waals surface area contributed by atoms with Crippen LogP contribution in [-0.2, 0) is 25.2 Å². The molecule has 0 unspecified atom stereocenters. The highest BCUT2D eigenvalue weighted by Crippen LogP contribution is 2.32. The number of methoxy groups -OCH3 is 1. The molecule has 0 bridgehead atoms. The van der Waals surface area contributed by atoms with Crippen molar-refractivity contribution in [1.82, 2.24) is 10.2 Å². The van der Waals surface area contributed by atoms with E-state index in [1.807, 2.05) is 0 Å². The Hall–Kier alpha value is -1.75. The number of alkyl halides is 3. The molecule has 106 valence electrons. The van der Waals surface area contributed by atoms with Crippen molar-refractivity contribution in [3.05, 3.63) is 5.01 Å². The molecular weight excluding hydrogens is 291 g/mol. The zero-order valence-electron chi connectivity index (χ0n) is 9.48. The van der Waals surface area contributed by atoms with Crippen LogP contribution >= 0.6 is 11.3 Å². The van der Waals surface area contributed by atoms with E-state index in [1.165, 1.54) is 0 Å². The van der Waals surface area contributed by atoms with Gasteiger partial charge in [0.2, 0.25) is 10.1 Å². The fourth-order valence-corrected chi connectivity index (χ4v) is 1.46. The van der Waals surface area contributed by atoms with Gasteiger partial charge in [0.25, 0.3) is 5.91 Å². The first-order valence-corrected chi connectivity index (χ1v) is 5.49. The van der Waals surface area contributed by atoms with Crippen LogP contribution in [0.5, 0.6) is 0 Å². The van der Waals surface area contributed by atoms with Gasteiger partial charge in [0.1, 0.15) is 13.2 Å². The lowest BCUT2D eigenvalue weighted by atomic mass is 10.6. The van der Waals surface area contributed by atoms with E-state index in [9.17, 15) is 22.8 Å². The molecule has 0 aromatic carbocycles. The number of nitrogens with one attached hydrogen (secondary N) is 1. The number of esters is 1. The van der Waals surface area contributed by atoms with Crippen molar-refractivity contribution >= 4 is 28.3 Å². The first-order chi connectivity index (χ1) is 8.82. The number of carbonyl (C=O) groups excluding carboxylic acids is 2. The number of nitrogens with zero attached hydrogens (tertiary/aromatic N) is 2. The van der Waals surface area contributed by atoms with E-state index in [0.29, 0.717) is 0 Å². The van der Waals surface area contributed by atoms with Crippen molar-refractivity contribution in [3.8, 4) is 0 Å². The van der Waals surface area contributed by atoms with E-state index in [0.717, 1.165) is 7.11 Å². The van der Waals surface area contributed by atoms with Gasteiger partial charge >= 0.3 is 12.1 Å². The molecule has 11 heteroatoms. The van der Waals surface area contributed by atoms with E-state index in [2.05, 4.69) is 25.0 Å². The minimum absolute atomic E-state index is 0.186. The van der Waals surface area contributed by atoms with Crippen molar-refractivity contribution in [2.24, 2.45) is 0 Å². The molecule has 1 rings (SSSR count). The van der Waals surface area contributed by atoms with Gasteiger partial charge < -0.3 is 9.47 Å². The highest BCUT2D eigenvalue weighted by Gasteiger charge is 2.35. The SMILES string of the molecule is COC(=O)COCC(=O)Nc1nnc(C(F)(F)F)s1. The molecule has 0 saturated heterocycles. The topological polar surface area (TPSA) is 90.4 Å². The van der Waals surface area contributed by atoms with Crippen molar-refractivity contribution in [2.45, 2.75) is 6.18 Å². The molecule has 0 saturated carbocycles. The molecule has 1 N–H and O–H groups in total. The normalized spacial score (nSPS) is 11.2. The van der Waals surface area contributed by atoms with Gasteiger partial charge in [-0.3, -0.25) is 10.1 Å². The predicted octanol–water partition coefficient (Wildman–Crippen LogP) is 0.685. The van der Waals surface area contributed by atoms with Gasteiger partial charge in [0, 0.05) is 0 Å². The van der Waals surface area contributed by atoms with Crippen molar-refractivity contribution in [1.29, 1.82) is 0 Å². The number of hydrogen-bond donors (Lipinski definition) is 1. The standard InChI is InChI=1S/C8H8F3N3O4S/c1-17-5(16)3-18-2-4(15)12-7-14-13-6(19-7)8(9,10)11/h2-3H2,1H3,(H,12,14,15). The van der Waals surface area contributed by atoms with Crippen LogP contribution < -0.4 is 5.32 Å². The first-order valence-electron chi connectivity index (χ1n) is 4.68. The summed E-state index contributed by atoms with van der Waals surface area (Å²) in [6.45, 7) is -0.954. The molecule has 0 aliphatic carbocycles. The molecule has 19 heavy (non-hydrogen) atoms. The van der Waals surface area contributed by atoms with Crippen LogP contribution in [0.25, 0.3) is 0 Å². The number of aromatic nitrogens is 2. The van der Waals surface area contributed by atoms with Gasteiger partial charge in [0.15, 0.2) is 0 Å². The molecule has 1 heterocycles. The molecule has 1 amide bonds. The average molecular weight is 299 g/mol. The van der Waals surface area contributed by atoms with E-state index < -0.39 is 36.3 Å². The fraction of sp³-hybridized carbons (Fsp3) is 0.500. The summed E-state index contributed by atoms with van der Waals surface area (Å²) in [4.78, 5) is 21.9. The zero-order valence-corrected chi connectivity index (χ0v) is 10.3. The molecule has 1 aromatic rings. The third-order valence-electron chi connectivity index (χ3n) is 1.59. The Labute approximate surface area is 108 Å². The molecule has 0 fully saturated rings. The number of ether oxygens (including phenoxy) is 2. The Morgan fingerprint density at radius 3 is 2.53 bits per heavy atom. The van der Waals surface area contributed by atoms with Crippen LogP contribution in [0.3, 0.4) is 0 Å². The second-order valence-electron chi connectivity index (χ2n) is 3.03. The summed E-state index contributed by atoms with van der Waals surface area (Å²) < 4.78 is 45.5. The fourth-order valence-electron chi connectivity index (χ4n) is 0.830. The quantitative estimate of drug-likeness (QED) is 0.804. The Morgan fingerprint density at radius 2 is 2.00 bits per heavy atom. The summed E-state index contributed by atoms with van der Waals surface area (Å²) in [5, 5.41) is 6.61. The molecular formula is C8H8F3N3O4S. The number of rotatable bonds is 5. The highest BCUT2D eigenvalue weighted by molar-refractivity contribution is 7.15. The number of amides is 1. The molecule has 7 nitrogen and oxygen atoms in total. The smallest absolute Gasteiger partial charge is 0.445 e. The first kappa shape index (κ1) is 15.3. The largest absolute Gasteiger partial charge is 0.467 e. The van der Waals surface area contributed by atoms with Crippen LogP contribution in [0, 0.1) is 0 Å². The molecule has 0 atom stereocenters.